The van der Waals surface area contributed by atoms with Crippen molar-refractivity contribution in [3.8, 4) is 0 Å². The van der Waals surface area contributed by atoms with Gasteiger partial charge >= 0.3 is 0 Å². The molecule has 1 aliphatic heterocycles. The van der Waals surface area contributed by atoms with Crippen molar-refractivity contribution in [2.75, 3.05) is 18.1 Å². The Kier molecular flexibility index (Phi) is 5.90. The van der Waals surface area contributed by atoms with Crippen molar-refractivity contribution in [2.24, 2.45) is 0 Å². The third kappa shape index (κ3) is 4.12. The molecule has 1 unspecified atom stereocenters. The monoisotopic (exact) mass is 446 g/mol. The number of nitrogens with zero attached hydrogens (tertiary/aromatic N) is 4. The smallest absolute Gasteiger partial charge is 0.256 e. The lowest BCUT2D eigenvalue weighted by molar-refractivity contribution is -0.119. The molecule has 0 N–H and O–H groups in total. The molecule has 0 saturated carbocycles. The summed E-state index contributed by atoms with van der Waals surface area (Å²) in [5, 5.41) is 1.22. The maximum absolute atomic E-state index is 13.3. The molecule has 7 nitrogen and oxygen atoms in total. The molecular formula is C21H23ClN4O3S. The summed E-state index contributed by atoms with van der Waals surface area (Å²) in [7, 11) is 0. The molecule has 3 heterocycles. The molecule has 158 valence electrons. The van der Waals surface area contributed by atoms with E-state index in [1.807, 2.05) is 19.1 Å². The number of rotatable bonds is 5. The fourth-order valence-corrected chi connectivity index (χ4v) is 5.00. The molecule has 0 radical (unpaired) electrons. The minimum absolute atomic E-state index is 0.0414. The predicted molar refractivity (Wildman–Crippen MR) is 119 cm³/mol. The van der Waals surface area contributed by atoms with Gasteiger partial charge in [0.2, 0.25) is 5.91 Å². The van der Waals surface area contributed by atoms with Crippen molar-refractivity contribution in [2.45, 2.75) is 46.3 Å². The van der Waals surface area contributed by atoms with Crippen molar-refractivity contribution in [3.05, 3.63) is 50.7 Å². The molecule has 3 aromatic rings. The second-order valence-corrected chi connectivity index (χ2v) is 9.04. The quantitative estimate of drug-likeness (QED) is 0.598. The summed E-state index contributed by atoms with van der Waals surface area (Å²) in [5.41, 5.74) is 2.79. The van der Waals surface area contributed by atoms with Gasteiger partial charge in [-0.2, -0.15) is 0 Å². The van der Waals surface area contributed by atoms with Gasteiger partial charge in [-0.1, -0.05) is 22.9 Å². The first kappa shape index (κ1) is 21.0. The molecular weight excluding hydrogens is 424 g/mol. The van der Waals surface area contributed by atoms with E-state index in [0.29, 0.717) is 34.6 Å². The van der Waals surface area contributed by atoms with Gasteiger partial charge in [0.15, 0.2) is 5.13 Å². The van der Waals surface area contributed by atoms with Crippen LogP contribution in [0.3, 0.4) is 0 Å². The fraction of sp³-hybridized carbons (Fsp3) is 0.429. The second-order valence-electron chi connectivity index (χ2n) is 7.59. The van der Waals surface area contributed by atoms with Crippen LogP contribution >= 0.6 is 22.9 Å². The molecule has 1 aromatic carbocycles. The SMILES string of the molecule is Cc1ncn(CC(=O)N(CC2CCCO2)c2nc3c(C)cc(Cl)cc3s2)c(=O)c1C. The summed E-state index contributed by atoms with van der Waals surface area (Å²) < 4.78 is 8.03. The fourth-order valence-electron chi connectivity index (χ4n) is 3.56. The Bertz CT molecular complexity index is 1170. The van der Waals surface area contributed by atoms with Crippen molar-refractivity contribution >= 4 is 44.2 Å². The van der Waals surface area contributed by atoms with Crippen LogP contribution in [0.1, 0.15) is 29.7 Å². The van der Waals surface area contributed by atoms with Gasteiger partial charge in [0, 0.05) is 22.9 Å². The number of hydrogen-bond acceptors (Lipinski definition) is 6. The summed E-state index contributed by atoms with van der Waals surface area (Å²) in [6.45, 7) is 6.44. The molecule has 1 atom stereocenters. The Morgan fingerprint density at radius 3 is 2.90 bits per heavy atom. The largest absolute Gasteiger partial charge is 0.376 e. The van der Waals surface area contributed by atoms with E-state index in [1.165, 1.54) is 22.2 Å². The number of thiazole rings is 1. The van der Waals surface area contributed by atoms with Crippen LogP contribution < -0.4 is 10.5 Å². The summed E-state index contributed by atoms with van der Waals surface area (Å²) in [6.07, 6.45) is 3.25. The highest BCUT2D eigenvalue weighted by Crippen LogP contribution is 2.33. The topological polar surface area (TPSA) is 77.3 Å². The van der Waals surface area contributed by atoms with Crippen LogP contribution in [0.2, 0.25) is 5.02 Å². The zero-order valence-corrected chi connectivity index (χ0v) is 18.7. The maximum Gasteiger partial charge on any atom is 0.256 e. The van der Waals surface area contributed by atoms with Crippen LogP contribution in [0, 0.1) is 20.8 Å². The van der Waals surface area contributed by atoms with Crippen molar-refractivity contribution in [1.29, 1.82) is 0 Å². The van der Waals surface area contributed by atoms with Crippen LogP contribution in [0.5, 0.6) is 0 Å². The van der Waals surface area contributed by atoms with Crippen molar-refractivity contribution in [3.63, 3.8) is 0 Å². The van der Waals surface area contributed by atoms with Crippen molar-refractivity contribution < 1.29 is 9.53 Å². The minimum atomic E-state index is -0.222. The average molecular weight is 447 g/mol. The predicted octanol–water partition coefficient (Wildman–Crippen LogP) is 3.64. The lowest BCUT2D eigenvalue weighted by Gasteiger charge is -2.23. The van der Waals surface area contributed by atoms with Crippen LogP contribution in [0.25, 0.3) is 10.2 Å². The third-order valence-corrected chi connectivity index (χ3v) is 6.65. The summed E-state index contributed by atoms with van der Waals surface area (Å²) >= 11 is 7.62. The van der Waals surface area contributed by atoms with Crippen molar-refractivity contribution in [1.82, 2.24) is 14.5 Å². The van der Waals surface area contributed by atoms with E-state index in [9.17, 15) is 9.59 Å². The van der Waals surface area contributed by atoms with E-state index in [0.717, 1.165) is 28.6 Å². The van der Waals surface area contributed by atoms with Gasteiger partial charge in [-0.25, -0.2) is 9.97 Å². The number of amides is 1. The Balaban J connectivity index is 1.69. The number of aryl methyl sites for hydroxylation is 2. The second kappa shape index (κ2) is 8.45. The molecule has 4 rings (SSSR count). The lowest BCUT2D eigenvalue weighted by Crippen LogP contribution is -2.41. The van der Waals surface area contributed by atoms with Gasteiger partial charge in [-0.15, -0.1) is 0 Å². The molecule has 30 heavy (non-hydrogen) atoms. The minimum Gasteiger partial charge on any atom is -0.376 e. The first-order chi connectivity index (χ1) is 14.3. The average Bonchev–Trinajstić information content (AvgIpc) is 3.36. The molecule has 9 heteroatoms. The first-order valence-electron chi connectivity index (χ1n) is 9.85. The number of fused-ring (bicyclic) bond motifs is 1. The maximum atomic E-state index is 13.3. The molecule has 2 aromatic heterocycles. The first-order valence-corrected chi connectivity index (χ1v) is 11.0. The Hall–Kier alpha value is -2.29. The molecule has 1 saturated heterocycles. The molecule has 1 amide bonds. The van der Waals surface area contributed by atoms with Crippen LogP contribution in [0.4, 0.5) is 5.13 Å². The molecule has 0 bridgehead atoms. The number of anilines is 1. The number of ether oxygens (including phenoxy) is 1. The summed E-state index contributed by atoms with van der Waals surface area (Å²) in [6, 6.07) is 3.72. The van der Waals surface area contributed by atoms with Gasteiger partial charge in [0.25, 0.3) is 5.56 Å². The highest BCUT2D eigenvalue weighted by atomic mass is 35.5. The van der Waals surface area contributed by atoms with Crippen LogP contribution in [-0.2, 0) is 16.1 Å². The number of halogens is 1. The van der Waals surface area contributed by atoms with E-state index in [-0.39, 0.29) is 24.1 Å². The standard InChI is InChI=1S/C21H23ClN4O3S/c1-12-7-15(22)8-17-19(12)24-21(30-17)26(9-16-5-4-6-29-16)18(27)10-25-11-23-14(3)13(2)20(25)28/h7-8,11,16H,4-6,9-10H2,1-3H3. The Morgan fingerprint density at radius 2 is 2.17 bits per heavy atom. The van der Waals surface area contributed by atoms with Gasteiger partial charge in [0.05, 0.1) is 29.2 Å². The van der Waals surface area contributed by atoms with Gasteiger partial charge < -0.3 is 4.74 Å². The Morgan fingerprint density at radius 1 is 1.37 bits per heavy atom. The number of benzene rings is 1. The van der Waals surface area contributed by atoms with Crippen LogP contribution in [-0.4, -0.2) is 39.7 Å². The van der Waals surface area contributed by atoms with E-state index >= 15 is 0 Å². The highest BCUT2D eigenvalue weighted by molar-refractivity contribution is 7.22. The zero-order valence-electron chi connectivity index (χ0n) is 17.1. The zero-order chi connectivity index (χ0) is 21.4. The molecule has 1 aliphatic rings. The van der Waals surface area contributed by atoms with Gasteiger partial charge in [-0.05, 0) is 51.3 Å². The normalized spacial score (nSPS) is 16.3. The lowest BCUT2D eigenvalue weighted by atomic mass is 10.2. The molecule has 1 fully saturated rings. The summed E-state index contributed by atoms with van der Waals surface area (Å²) in [4.78, 5) is 36.4. The van der Waals surface area contributed by atoms with Gasteiger partial charge in [-0.3, -0.25) is 19.1 Å². The number of hydrogen-bond donors (Lipinski definition) is 0. The third-order valence-electron chi connectivity index (χ3n) is 5.40. The van der Waals surface area contributed by atoms with E-state index in [4.69, 9.17) is 21.3 Å². The number of aromatic nitrogens is 3. The van der Waals surface area contributed by atoms with Gasteiger partial charge in [0.1, 0.15) is 6.54 Å². The van der Waals surface area contributed by atoms with E-state index in [2.05, 4.69) is 4.98 Å². The summed E-state index contributed by atoms with van der Waals surface area (Å²) in [5.74, 6) is -0.222. The molecule has 0 spiro atoms. The molecule has 0 aliphatic carbocycles. The van der Waals surface area contributed by atoms with E-state index < -0.39 is 0 Å². The Labute approximate surface area is 183 Å². The highest BCUT2D eigenvalue weighted by Gasteiger charge is 2.27. The van der Waals surface area contributed by atoms with Crippen LogP contribution in [0.15, 0.2) is 23.3 Å². The number of carbonyl (C=O) groups is 1. The van der Waals surface area contributed by atoms with E-state index in [1.54, 1.807) is 18.7 Å². The number of carbonyl (C=O) groups excluding carboxylic acids is 1.